The molecule has 2 aromatic rings. The Morgan fingerprint density at radius 1 is 1.22 bits per heavy atom. The molecule has 27 heavy (non-hydrogen) atoms. The molecule has 0 saturated heterocycles. The van der Waals surface area contributed by atoms with Crippen molar-refractivity contribution in [1.29, 1.82) is 0 Å². The average Bonchev–Trinajstić information content (AvgIpc) is 3.27. The maximum absolute atomic E-state index is 12.5. The number of esters is 1. The maximum atomic E-state index is 12.5. The molecule has 1 amide bonds. The van der Waals surface area contributed by atoms with Crippen LogP contribution in [0.25, 0.3) is 0 Å². The van der Waals surface area contributed by atoms with E-state index in [1.54, 1.807) is 41.8 Å². The second-order valence-electron chi connectivity index (χ2n) is 6.26. The van der Waals surface area contributed by atoms with Gasteiger partial charge in [-0.15, -0.1) is 11.3 Å². The topological polar surface area (TPSA) is 92.8 Å². The summed E-state index contributed by atoms with van der Waals surface area (Å²) in [5, 5.41) is 4.46. The fourth-order valence-electron chi connectivity index (χ4n) is 2.40. The molecule has 3 rings (SSSR count). The third-order valence-electron chi connectivity index (χ3n) is 4.02. The van der Waals surface area contributed by atoms with Gasteiger partial charge in [0.05, 0.1) is 0 Å². The van der Waals surface area contributed by atoms with Crippen LogP contribution in [-0.4, -0.2) is 44.2 Å². The van der Waals surface area contributed by atoms with Gasteiger partial charge in [-0.05, 0) is 24.3 Å². The van der Waals surface area contributed by atoms with Crippen molar-refractivity contribution in [2.75, 3.05) is 13.6 Å². The monoisotopic (exact) mass is 408 g/mol. The highest BCUT2D eigenvalue weighted by molar-refractivity contribution is 7.91. The quantitative estimate of drug-likeness (QED) is 0.674. The summed E-state index contributed by atoms with van der Waals surface area (Å²) in [5.74, 6) is -1.20. The van der Waals surface area contributed by atoms with Crippen molar-refractivity contribution < 1.29 is 22.7 Å². The first kappa shape index (κ1) is 19.5. The number of carbonyl (C=O) groups is 2. The van der Waals surface area contributed by atoms with Crippen LogP contribution in [0.3, 0.4) is 0 Å². The van der Waals surface area contributed by atoms with Crippen LogP contribution in [0.1, 0.15) is 24.5 Å². The summed E-state index contributed by atoms with van der Waals surface area (Å²) in [4.78, 5) is 24.8. The largest absolute Gasteiger partial charge is 0.446 e. The van der Waals surface area contributed by atoms with Crippen molar-refractivity contribution in [3.63, 3.8) is 0 Å². The van der Waals surface area contributed by atoms with Gasteiger partial charge in [0.25, 0.3) is 15.9 Å². The molecule has 0 spiro atoms. The fourth-order valence-corrected chi connectivity index (χ4v) is 4.72. The third-order valence-corrected chi connectivity index (χ3v) is 7.20. The van der Waals surface area contributed by atoms with Crippen LogP contribution in [0.2, 0.25) is 0 Å². The standard InChI is InChI=1S/C18H20N2O5S2/c1-20(27(23,24)16-8-5-11-26-16)12-15(21)25-17(13-6-3-2-4-7-13)18(22)19-14-9-10-14/h2-8,11,14,17H,9-10,12H2,1H3,(H,19,22)/t17-/m1/s1. The van der Waals surface area contributed by atoms with Crippen LogP contribution in [0, 0.1) is 0 Å². The van der Waals surface area contributed by atoms with E-state index in [0.29, 0.717) is 5.56 Å². The van der Waals surface area contributed by atoms with Gasteiger partial charge in [0.15, 0.2) is 0 Å². The molecule has 1 N–H and O–H groups in total. The predicted octanol–water partition coefficient (Wildman–Crippen LogP) is 1.93. The number of hydrogen-bond acceptors (Lipinski definition) is 6. The lowest BCUT2D eigenvalue weighted by molar-refractivity contribution is -0.156. The Morgan fingerprint density at radius 3 is 2.52 bits per heavy atom. The van der Waals surface area contributed by atoms with Crippen LogP contribution in [0.15, 0.2) is 52.1 Å². The highest BCUT2D eigenvalue weighted by atomic mass is 32.2. The molecule has 0 unspecified atom stereocenters. The number of thiophene rings is 1. The zero-order chi connectivity index (χ0) is 19.4. The van der Waals surface area contributed by atoms with E-state index in [2.05, 4.69) is 5.32 Å². The van der Waals surface area contributed by atoms with Gasteiger partial charge in [-0.1, -0.05) is 36.4 Å². The first-order valence-corrected chi connectivity index (χ1v) is 10.7. The zero-order valence-electron chi connectivity index (χ0n) is 14.7. The molecule has 9 heteroatoms. The number of rotatable bonds is 8. The molecule has 1 aliphatic rings. The summed E-state index contributed by atoms with van der Waals surface area (Å²) in [7, 11) is -2.47. The summed E-state index contributed by atoms with van der Waals surface area (Å²) in [6, 6.07) is 11.9. The second kappa shape index (κ2) is 8.20. The molecule has 0 radical (unpaired) electrons. The molecule has 1 saturated carbocycles. The number of ether oxygens (including phenoxy) is 1. The zero-order valence-corrected chi connectivity index (χ0v) is 16.3. The Labute approximate surface area is 162 Å². The van der Waals surface area contributed by atoms with Crippen molar-refractivity contribution in [3.8, 4) is 0 Å². The Hall–Kier alpha value is -2.23. The maximum Gasteiger partial charge on any atom is 0.322 e. The molecule has 1 aromatic carbocycles. The predicted molar refractivity (Wildman–Crippen MR) is 101 cm³/mol. The molecule has 0 bridgehead atoms. The van der Waals surface area contributed by atoms with Crippen LogP contribution >= 0.6 is 11.3 Å². The van der Waals surface area contributed by atoms with E-state index in [1.807, 2.05) is 0 Å². The molecule has 0 aliphatic heterocycles. The van der Waals surface area contributed by atoms with Crippen molar-refractivity contribution in [2.24, 2.45) is 0 Å². The van der Waals surface area contributed by atoms with Crippen LogP contribution in [0.5, 0.6) is 0 Å². The van der Waals surface area contributed by atoms with E-state index in [0.717, 1.165) is 28.5 Å². The summed E-state index contributed by atoms with van der Waals surface area (Å²) >= 11 is 1.07. The molecular weight excluding hydrogens is 388 g/mol. The Bertz CT molecular complexity index is 893. The van der Waals surface area contributed by atoms with E-state index in [1.165, 1.54) is 13.1 Å². The number of amides is 1. The van der Waals surface area contributed by atoms with Crippen molar-refractivity contribution >= 4 is 33.2 Å². The minimum absolute atomic E-state index is 0.115. The van der Waals surface area contributed by atoms with E-state index in [9.17, 15) is 18.0 Å². The van der Waals surface area contributed by atoms with Gasteiger partial charge in [-0.3, -0.25) is 9.59 Å². The molecule has 1 atom stereocenters. The first-order valence-electron chi connectivity index (χ1n) is 8.42. The van der Waals surface area contributed by atoms with E-state index < -0.39 is 34.5 Å². The number of hydrogen-bond donors (Lipinski definition) is 1. The minimum Gasteiger partial charge on any atom is -0.446 e. The van der Waals surface area contributed by atoms with Gasteiger partial charge in [0.1, 0.15) is 10.8 Å². The molecule has 1 aromatic heterocycles. The van der Waals surface area contributed by atoms with Gasteiger partial charge < -0.3 is 10.1 Å². The van der Waals surface area contributed by atoms with E-state index in [4.69, 9.17) is 4.74 Å². The molecule has 7 nitrogen and oxygen atoms in total. The van der Waals surface area contributed by atoms with Crippen LogP contribution < -0.4 is 5.32 Å². The van der Waals surface area contributed by atoms with Gasteiger partial charge in [0.2, 0.25) is 6.10 Å². The summed E-state index contributed by atoms with van der Waals surface area (Å²) < 4.78 is 31.3. The number of carbonyl (C=O) groups excluding carboxylic acids is 2. The highest BCUT2D eigenvalue weighted by Crippen LogP contribution is 2.24. The summed E-state index contributed by atoms with van der Waals surface area (Å²) in [6.45, 7) is -0.486. The van der Waals surface area contributed by atoms with Gasteiger partial charge in [-0.25, -0.2) is 8.42 Å². The molecular formula is C18H20N2O5S2. The summed E-state index contributed by atoms with van der Waals surface area (Å²) in [6.07, 6.45) is 0.698. The number of sulfonamides is 1. The fraction of sp³-hybridized carbons (Fsp3) is 0.333. The molecule has 1 heterocycles. The summed E-state index contributed by atoms with van der Waals surface area (Å²) in [5.41, 5.74) is 0.535. The van der Waals surface area contributed by atoms with Crippen molar-refractivity contribution in [2.45, 2.75) is 29.2 Å². The highest BCUT2D eigenvalue weighted by Gasteiger charge is 2.32. The van der Waals surface area contributed by atoms with Crippen LogP contribution in [0.4, 0.5) is 0 Å². The Morgan fingerprint density at radius 2 is 1.93 bits per heavy atom. The average molecular weight is 409 g/mol. The Kier molecular flexibility index (Phi) is 5.93. The Balaban J connectivity index is 1.69. The van der Waals surface area contributed by atoms with Gasteiger partial charge >= 0.3 is 5.97 Å². The number of nitrogens with zero attached hydrogens (tertiary/aromatic N) is 1. The lowest BCUT2D eigenvalue weighted by Gasteiger charge is -2.20. The SMILES string of the molecule is CN(CC(=O)O[C@@H](C(=O)NC1CC1)c1ccccc1)S(=O)(=O)c1cccs1. The number of likely N-dealkylation sites (N-methyl/N-ethyl adjacent to an activating group) is 1. The lowest BCUT2D eigenvalue weighted by Crippen LogP contribution is -2.37. The first-order chi connectivity index (χ1) is 12.9. The van der Waals surface area contributed by atoms with E-state index in [-0.39, 0.29) is 10.3 Å². The van der Waals surface area contributed by atoms with E-state index >= 15 is 0 Å². The van der Waals surface area contributed by atoms with Crippen LogP contribution in [-0.2, 0) is 24.3 Å². The smallest absolute Gasteiger partial charge is 0.322 e. The second-order valence-corrected chi connectivity index (χ2v) is 9.48. The normalized spacial score (nSPS) is 15.3. The number of benzene rings is 1. The lowest BCUT2D eigenvalue weighted by atomic mass is 10.1. The minimum atomic E-state index is -3.77. The van der Waals surface area contributed by atoms with Gasteiger partial charge in [-0.2, -0.15) is 4.31 Å². The third kappa shape index (κ3) is 4.94. The van der Waals surface area contributed by atoms with Crippen molar-refractivity contribution in [1.82, 2.24) is 9.62 Å². The molecule has 1 aliphatic carbocycles. The van der Waals surface area contributed by atoms with Crippen molar-refractivity contribution in [3.05, 3.63) is 53.4 Å². The molecule has 1 fully saturated rings. The number of nitrogens with one attached hydrogen (secondary N) is 1. The van der Waals surface area contributed by atoms with Gasteiger partial charge in [0, 0.05) is 18.7 Å². The molecule has 144 valence electrons.